The summed E-state index contributed by atoms with van der Waals surface area (Å²) < 4.78 is 0. The average molecular weight is 256 g/mol. The predicted molar refractivity (Wildman–Crippen MR) is 69.5 cm³/mol. The first-order valence-electron chi connectivity index (χ1n) is 6.82. The van der Waals surface area contributed by atoms with E-state index in [-0.39, 0.29) is 18.6 Å². The Bertz CT molecular complexity index is 288. The number of carbonyl (C=O) groups excluding carboxylic acids is 1. The Morgan fingerprint density at radius 1 is 1.33 bits per heavy atom. The van der Waals surface area contributed by atoms with Gasteiger partial charge in [0, 0.05) is 19.1 Å². The Labute approximate surface area is 109 Å². The fourth-order valence-electron chi connectivity index (χ4n) is 2.28. The predicted octanol–water partition coefficient (Wildman–Crippen LogP) is 2.07. The summed E-state index contributed by atoms with van der Waals surface area (Å²) in [5, 5.41) is 11.9. The minimum absolute atomic E-state index is 0.127. The number of aliphatic carboxylic acids is 1. The van der Waals surface area contributed by atoms with Crippen molar-refractivity contribution in [3.05, 3.63) is 0 Å². The number of rotatable bonds is 5. The maximum absolute atomic E-state index is 12.0. The lowest BCUT2D eigenvalue weighted by atomic mass is 9.96. The molecule has 0 aromatic carbocycles. The highest BCUT2D eigenvalue weighted by Gasteiger charge is 2.22. The summed E-state index contributed by atoms with van der Waals surface area (Å²) in [4.78, 5) is 24.4. The second-order valence-electron chi connectivity index (χ2n) is 5.06. The van der Waals surface area contributed by atoms with Gasteiger partial charge in [-0.1, -0.05) is 26.2 Å². The molecule has 1 fully saturated rings. The molecule has 2 N–H and O–H groups in total. The Balaban J connectivity index is 2.43. The molecule has 0 bridgehead atoms. The minimum Gasteiger partial charge on any atom is -0.481 e. The first-order valence-corrected chi connectivity index (χ1v) is 6.82. The van der Waals surface area contributed by atoms with E-state index in [0.29, 0.717) is 6.54 Å². The maximum atomic E-state index is 12.0. The molecule has 0 aromatic heterocycles. The molecule has 1 aliphatic carbocycles. The molecule has 1 saturated carbocycles. The molecule has 18 heavy (non-hydrogen) atoms. The Kier molecular flexibility index (Phi) is 5.95. The van der Waals surface area contributed by atoms with E-state index in [4.69, 9.17) is 5.11 Å². The van der Waals surface area contributed by atoms with Gasteiger partial charge in [-0.25, -0.2) is 4.79 Å². The summed E-state index contributed by atoms with van der Waals surface area (Å²) in [6.07, 6.45) is 5.67. The van der Waals surface area contributed by atoms with Crippen LogP contribution in [0.15, 0.2) is 0 Å². The first-order chi connectivity index (χ1) is 8.54. The van der Waals surface area contributed by atoms with Crippen molar-refractivity contribution < 1.29 is 14.7 Å². The van der Waals surface area contributed by atoms with Crippen molar-refractivity contribution in [3.63, 3.8) is 0 Å². The van der Waals surface area contributed by atoms with E-state index in [1.54, 1.807) is 11.8 Å². The molecule has 0 heterocycles. The Morgan fingerprint density at radius 2 is 1.94 bits per heavy atom. The molecule has 2 amide bonds. The number of amides is 2. The largest absolute Gasteiger partial charge is 0.481 e. The number of hydrogen-bond acceptors (Lipinski definition) is 2. The quantitative estimate of drug-likeness (QED) is 0.791. The molecule has 104 valence electrons. The van der Waals surface area contributed by atoms with Gasteiger partial charge in [-0.15, -0.1) is 0 Å². The van der Waals surface area contributed by atoms with Crippen molar-refractivity contribution in [2.24, 2.45) is 5.92 Å². The zero-order valence-corrected chi connectivity index (χ0v) is 11.3. The van der Waals surface area contributed by atoms with E-state index < -0.39 is 11.9 Å². The second-order valence-corrected chi connectivity index (χ2v) is 5.06. The van der Waals surface area contributed by atoms with Gasteiger partial charge in [0.15, 0.2) is 0 Å². The summed E-state index contributed by atoms with van der Waals surface area (Å²) in [5.41, 5.74) is 0. The van der Waals surface area contributed by atoms with E-state index in [1.807, 2.05) is 6.92 Å². The number of carboxylic acid groups (broad SMARTS) is 1. The van der Waals surface area contributed by atoms with Gasteiger partial charge < -0.3 is 15.3 Å². The molecule has 0 radical (unpaired) electrons. The summed E-state index contributed by atoms with van der Waals surface area (Å²) in [7, 11) is 0. The SMILES string of the molecule is CCN(CC(C)C(=O)O)C(=O)NC1CCCCC1. The van der Waals surface area contributed by atoms with Crippen LogP contribution < -0.4 is 5.32 Å². The van der Waals surface area contributed by atoms with Crippen molar-refractivity contribution in [2.75, 3.05) is 13.1 Å². The van der Waals surface area contributed by atoms with Crippen LogP contribution in [0.5, 0.6) is 0 Å². The summed E-state index contributed by atoms with van der Waals surface area (Å²) in [6.45, 7) is 4.30. The van der Waals surface area contributed by atoms with Crippen LogP contribution in [-0.2, 0) is 4.79 Å². The molecule has 0 saturated heterocycles. The molecule has 1 atom stereocenters. The lowest BCUT2D eigenvalue weighted by Crippen LogP contribution is -2.47. The van der Waals surface area contributed by atoms with Gasteiger partial charge in [-0.05, 0) is 19.8 Å². The molecule has 0 spiro atoms. The van der Waals surface area contributed by atoms with Gasteiger partial charge in [0.25, 0.3) is 0 Å². The number of urea groups is 1. The highest BCUT2D eigenvalue weighted by molar-refractivity contribution is 5.76. The van der Waals surface area contributed by atoms with Crippen molar-refractivity contribution in [3.8, 4) is 0 Å². The molecule has 1 unspecified atom stereocenters. The third-order valence-corrected chi connectivity index (χ3v) is 3.52. The Morgan fingerprint density at radius 3 is 2.44 bits per heavy atom. The summed E-state index contributed by atoms with van der Waals surface area (Å²) >= 11 is 0. The molecular formula is C13H24N2O3. The standard InChI is InChI=1S/C13H24N2O3/c1-3-15(9-10(2)12(16)17)13(18)14-11-7-5-4-6-8-11/h10-11H,3-9H2,1-2H3,(H,14,18)(H,16,17). The van der Waals surface area contributed by atoms with Crippen LogP contribution in [0.1, 0.15) is 46.0 Å². The zero-order chi connectivity index (χ0) is 13.5. The van der Waals surface area contributed by atoms with E-state index in [9.17, 15) is 9.59 Å². The van der Waals surface area contributed by atoms with Gasteiger partial charge in [0.05, 0.1) is 5.92 Å². The third-order valence-electron chi connectivity index (χ3n) is 3.52. The highest BCUT2D eigenvalue weighted by Crippen LogP contribution is 2.17. The highest BCUT2D eigenvalue weighted by atomic mass is 16.4. The average Bonchev–Trinajstić information content (AvgIpc) is 2.36. The number of nitrogens with one attached hydrogen (secondary N) is 1. The van der Waals surface area contributed by atoms with Gasteiger partial charge >= 0.3 is 12.0 Å². The molecule has 5 nitrogen and oxygen atoms in total. The molecule has 1 aliphatic rings. The fourth-order valence-corrected chi connectivity index (χ4v) is 2.28. The minimum atomic E-state index is -0.862. The molecule has 0 aliphatic heterocycles. The topological polar surface area (TPSA) is 69.6 Å². The normalized spacial score (nSPS) is 18.1. The smallest absolute Gasteiger partial charge is 0.317 e. The van der Waals surface area contributed by atoms with Crippen LogP contribution in [-0.4, -0.2) is 41.1 Å². The number of carbonyl (C=O) groups is 2. The van der Waals surface area contributed by atoms with Gasteiger partial charge in [0.2, 0.25) is 0 Å². The van der Waals surface area contributed by atoms with Crippen molar-refractivity contribution in [1.82, 2.24) is 10.2 Å². The van der Waals surface area contributed by atoms with Crippen LogP contribution in [0, 0.1) is 5.92 Å². The monoisotopic (exact) mass is 256 g/mol. The lowest BCUT2D eigenvalue weighted by Gasteiger charge is -2.28. The van der Waals surface area contributed by atoms with Crippen LogP contribution >= 0.6 is 0 Å². The summed E-state index contributed by atoms with van der Waals surface area (Å²) in [5.74, 6) is -1.39. The van der Waals surface area contributed by atoms with Crippen LogP contribution in [0.3, 0.4) is 0 Å². The van der Waals surface area contributed by atoms with Crippen molar-refractivity contribution in [1.29, 1.82) is 0 Å². The van der Waals surface area contributed by atoms with Gasteiger partial charge in [0.1, 0.15) is 0 Å². The number of nitrogens with zero attached hydrogens (tertiary/aromatic N) is 1. The second kappa shape index (κ2) is 7.24. The molecule has 1 rings (SSSR count). The lowest BCUT2D eigenvalue weighted by molar-refractivity contribution is -0.141. The van der Waals surface area contributed by atoms with E-state index in [1.165, 1.54) is 19.3 Å². The maximum Gasteiger partial charge on any atom is 0.317 e. The number of carboxylic acids is 1. The van der Waals surface area contributed by atoms with Crippen LogP contribution in [0.2, 0.25) is 0 Å². The van der Waals surface area contributed by atoms with Crippen LogP contribution in [0.25, 0.3) is 0 Å². The van der Waals surface area contributed by atoms with Gasteiger partial charge in [-0.3, -0.25) is 4.79 Å². The Hall–Kier alpha value is -1.26. The van der Waals surface area contributed by atoms with E-state index >= 15 is 0 Å². The molecular weight excluding hydrogens is 232 g/mol. The van der Waals surface area contributed by atoms with E-state index in [0.717, 1.165) is 12.8 Å². The fraction of sp³-hybridized carbons (Fsp3) is 0.846. The summed E-state index contributed by atoms with van der Waals surface area (Å²) in [6, 6.07) is 0.137. The van der Waals surface area contributed by atoms with E-state index in [2.05, 4.69) is 5.32 Å². The third kappa shape index (κ3) is 4.55. The molecule has 0 aromatic rings. The zero-order valence-electron chi connectivity index (χ0n) is 11.3. The van der Waals surface area contributed by atoms with Crippen molar-refractivity contribution in [2.45, 2.75) is 52.0 Å². The van der Waals surface area contributed by atoms with Crippen LogP contribution in [0.4, 0.5) is 4.79 Å². The molecule has 5 heteroatoms. The van der Waals surface area contributed by atoms with Gasteiger partial charge in [-0.2, -0.15) is 0 Å². The number of hydrogen-bond donors (Lipinski definition) is 2. The first kappa shape index (κ1) is 14.8. The van der Waals surface area contributed by atoms with Crippen molar-refractivity contribution >= 4 is 12.0 Å².